The summed E-state index contributed by atoms with van der Waals surface area (Å²) in [7, 11) is 0. The van der Waals surface area contributed by atoms with Crippen molar-refractivity contribution in [2.75, 3.05) is 0 Å². The lowest BCUT2D eigenvalue weighted by atomic mass is 9.96. The van der Waals surface area contributed by atoms with Gasteiger partial charge in [-0.25, -0.2) is 4.99 Å². The summed E-state index contributed by atoms with van der Waals surface area (Å²) < 4.78 is 0. The first-order valence-electron chi connectivity index (χ1n) is 8.01. The fourth-order valence-electron chi connectivity index (χ4n) is 2.75. The third kappa shape index (κ3) is 4.26. The van der Waals surface area contributed by atoms with Crippen molar-refractivity contribution in [2.24, 2.45) is 4.99 Å². The van der Waals surface area contributed by atoms with E-state index >= 15 is 0 Å². The average Bonchev–Trinajstić information content (AvgIpc) is 3.31. The van der Waals surface area contributed by atoms with Gasteiger partial charge in [0.1, 0.15) is 0 Å². The van der Waals surface area contributed by atoms with E-state index in [1.54, 1.807) is 0 Å². The van der Waals surface area contributed by atoms with Gasteiger partial charge in [-0.05, 0) is 31.2 Å². The highest BCUT2D eigenvalue weighted by Gasteiger charge is 2.23. The molecule has 2 aliphatic rings. The molecule has 3 rings (SSSR count). The van der Waals surface area contributed by atoms with Gasteiger partial charge >= 0.3 is 0 Å². The molecule has 2 aliphatic carbocycles. The van der Waals surface area contributed by atoms with Gasteiger partial charge in [-0.1, -0.05) is 49.6 Å². The maximum absolute atomic E-state index is 4.76. The Hall–Kier alpha value is -1.51. The summed E-state index contributed by atoms with van der Waals surface area (Å²) in [5.74, 6) is 1.02. The van der Waals surface area contributed by atoms with Crippen LogP contribution in [0.3, 0.4) is 0 Å². The van der Waals surface area contributed by atoms with Crippen LogP contribution < -0.4 is 10.6 Å². The summed E-state index contributed by atoms with van der Waals surface area (Å²) in [6.07, 6.45) is 9.26. The van der Waals surface area contributed by atoms with Crippen LogP contribution in [0, 0.1) is 0 Å². The predicted molar refractivity (Wildman–Crippen MR) is 83.7 cm³/mol. The minimum atomic E-state index is 0.615. The first-order valence-corrected chi connectivity index (χ1v) is 8.01. The molecule has 20 heavy (non-hydrogen) atoms. The van der Waals surface area contributed by atoms with Crippen LogP contribution in [0.4, 0.5) is 0 Å². The fraction of sp³-hybridized carbons (Fsp3) is 0.588. The van der Waals surface area contributed by atoms with E-state index in [2.05, 4.69) is 41.0 Å². The second-order valence-electron chi connectivity index (χ2n) is 6.05. The number of hydrogen-bond donors (Lipinski definition) is 2. The summed E-state index contributed by atoms with van der Waals surface area (Å²) in [5, 5.41) is 7.18. The van der Waals surface area contributed by atoms with Crippen molar-refractivity contribution >= 4 is 5.96 Å². The quantitative estimate of drug-likeness (QED) is 0.651. The molecule has 0 aliphatic heterocycles. The van der Waals surface area contributed by atoms with Gasteiger partial charge < -0.3 is 10.6 Å². The Morgan fingerprint density at radius 3 is 2.20 bits per heavy atom. The third-order valence-corrected chi connectivity index (χ3v) is 4.13. The monoisotopic (exact) mass is 271 g/mol. The number of benzene rings is 1. The molecule has 2 fully saturated rings. The first kappa shape index (κ1) is 13.5. The van der Waals surface area contributed by atoms with Crippen molar-refractivity contribution in [3.05, 3.63) is 35.9 Å². The summed E-state index contributed by atoms with van der Waals surface area (Å²) in [5.41, 5.74) is 1.27. The molecular formula is C17H25N3. The predicted octanol–water partition coefficient (Wildman–Crippen LogP) is 3.22. The number of rotatable bonds is 4. The zero-order chi connectivity index (χ0) is 13.6. The summed E-state index contributed by atoms with van der Waals surface area (Å²) in [6, 6.07) is 11.8. The van der Waals surface area contributed by atoms with E-state index in [0.29, 0.717) is 12.1 Å². The molecule has 0 bridgehead atoms. The Morgan fingerprint density at radius 1 is 0.900 bits per heavy atom. The molecule has 0 radical (unpaired) electrons. The van der Waals surface area contributed by atoms with Crippen LogP contribution >= 0.6 is 0 Å². The van der Waals surface area contributed by atoms with E-state index in [4.69, 9.17) is 4.99 Å². The van der Waals surface area contributed by atoms with Crippen LogP contribution in [0.15, 0.2) is 35.3 Å². The summed E-state index contributed by atoms with van der Waals surface area (Å²) in [4.78, 5) is 4.76. The van der Waals surface area contributed by atoms with Crippen molar-refractivity contribution in [3.8, 4) is 0 Å². The molecule has 2 N–H and O–H groups in total. The average molecular weight is 271 g/mol. The van der Waals surface area contributed by atoms with Gasteiger partial charge in [0.2, 0.25) is 0 Å². The zero-order valence-corrected chi connectivity index (χ0v) is 12.1. The van der Waals surface area contributed by atoms with Crippen LogP contribution in [-0.4, -0.2) is 18.0 Å². The van der Waals surface area contributed by atoms with Crippen LogP contribution in [0.2, 0.25) is 0 Å². The number of nitrogens with zero attached hydrogens (tertiary/aromatic N) is 1. The third-order valence-electron chi connectivity index (χ3n) is 4.13. The van der Waals surface area contributed by atoms with Gasteiger partial charge in [-0.15, -0.1) is 0 Å². The largest absolute Gasteiger partial charge is 0.354 e. The van der Waals surface area contributed by atoms with E-state index in [0.717, 1.165) is 12.5 Å². The van der Waals surface area contributed by atoms with Gasteiger partial charge in [0, 0.05) is 12.1 Å². The van der Waals surface area contributed by atoms with Gasteiger partial charge in [0.05, 0.1) is 6.54 Å². The van der Waals surface area contributed by atoms with Crippen LogP contribution in [-0.2, 0) is 6.54 Å². The fourth-order valence-corrected chi connectivity index (χ4v) is 2.75. The topological polar surface area (TPSA) is 36.4 Å². The van der Waals surface area contributed by atoms with E-state index < -0.39 is 0 Å². The highest BCUT2D eigenvalue weighted by Crippen LogP contribution is 2.20. The zero-order valence-electron chi connectivity index (χ0n) is 12.1. The molecule has 3 nitrogen and oxygen atoms in total. The Morgan fingerprint density at radius 2 is 1.55 bits per heavy atom. The molecule has 2 saturated carbocycles. The lowest BCUT2D eigenvalue weighted by Crippen LogP contribution is -2.45. The molecule has 0 atom stereocenters. The van der Waals surface area contributed by atoms with Gasteiger partial charge in [-0.3, -0.25) is 0 Å². The molecule has 1 aromatic rings. The maximum atomic E-state index is 4.76. The second-order valence-corrected chi connectivity index (χ2v) is 6.05. The Labute approximate surface area is 121 Å². The standard InChI is InChI=1S/C17H25N3/c1-3-7-14(8-4-1)13-18-17(20-16-11-12-16)19-15-9-5-2-6-10-15/h1,3-4,7-8,15-16H,2,5-6,9-13H2,(H2,18,19,20). The Bertz CT molecular complexity index is 431. The van der Waals surface area contributed by atoms with Gasteiger partial charge in [-0.2, -0.15) is 0 Å². The lowest BCUT2D eigenvalue weighted by molar-refractivity contribution is 0.409. The SMILES string of the molecule is c1ccc(CN=C(NC2CCCCC2)NC2CC2)cc1. The number of nitrogens with one attached hydrogen (secondary N) is 2. The van der Waals surface area contributed by atoms with Crippen molar-refractivity contribution in [2.45, 2.75) is 63.6 Å². The maximum Gasteiger partial charge on any atom is 0.192 e. The Kier molecular flexibility index (Phi) is 4.57. The Balaban J connectivity index is 1.58. The van der Waals surface area contributed by atoms with Crippen molar-refractivity contribution in [1.82, 2.24) is 10.6 Å². The lowest BCUT2D eigenvalue weighted by Gasteiger charge is -2.25. The molecule has 0 amide bonds. The second kappa shape index (κ2) is 6.78. The van der Waals surface area contributed by atoms with E-state index in [-0.39, 0.29) is 0 Å². The van der Waals surface area contributed by atoms with Gasteiger partial charge in [0.15, 0.2) is 5.96 Å². The molecular weight excluding hydrogens is 246 g/mol. The number of guanidine groups is 1. The molecule has 0 heterocycles. The molecule has 0 saturated heterocycles. The molecule has 108 valence electrons. The molecule has 3 heteroatoms. The van der Waals surface area contributed by atoms with Crippen LogP contribution in [0.25, 0.3) is 0 Å². The number of hydrogen-bond acceptors (Lipinski definition) is 1. The summed E-state index contributed by atoms with van der Waals surface area (Å²) >= 11 is 0. The van der Waals surface area contributed by atoms with E-state index in [1.807, 2.05) is 0 Å². The minimum absolute atomic E-state index is 0.615. The van der Waals surface area contributed by atoms with Crippen molar-refractivity contribution < 1.29 is 0 Å². The number of aliphatic imine (C=N–C) groups is 1. The highest BCUT2D eigenvalue weighted by atomic mass is 15.2. The highest BCUT2D eigenvalue weighted by molar-refractivity contribution is 5.80. The van der Waals surface area contributed by atoms with Crippen molar-refractivity contribution in [1.29, 1.82) is 0 Å². The molecule has 1 aromatic carbocycles. The smallest absolute Gasteiger partial charge is 0.192 e. The molecule has 0 aromatic heterocycles. The van der Waals surface area contributed by atoms with E-state index in [1.165, 1.54) is 50.5 Å². The van der Waals surface area contributed by atoms with Gasteiger partial charge in [0.25, 0.3) is 0 Å². The molecule has 0 spiro atoms. The van der Waals surface area contributed by atoms with Crippen LogP contribution in [0.1, 0.15) is 50.5 Å². The summed E-state index contributed by atoms with van der Waals surface area (Å²) in [6.45, 7) is 0.760. The molecule has 0 unspecified atom stereocenters. The van der Waals surface area contributed by atoms with Crippen molar-refractivity contribution in [3.63, 3.8) is 0 Å². The first-order chi connectivity index (χ1) is 9.90. The van der Waals surface area contributed by atoms with Crippen LogP contribution in [0.5, 0.6) is 0 Å². The normalized spacial score (nSPS) is 20.7. The van der Waals surface area contributed by atoms with E-state index in [9.17, 15) is 0 Å². The minimum Gasteiger partial charge on any atom is -0.354 e.